The van der Waals surface area contributed by atoms with Crippen LogP contribution < -0.4 is 10.6 Å². The van der Waals surface area contributed by atoms with Crippen molar-refractivity contribution in [3.05, 3.63) is 17.5 Å². The van der Waals surface area contributed by atoms with Crippen LogP contribution in [0.5, 0.6) is 0 Å². The summed E-state index contributed by atoms with van der Waals surface area (Å²) in [5, 5.41) is 11.2. The summed E-state index contributed by atoms with van der Waals surface area (Å²) in [6.45, 7) is 12.5. The van der Waals surface area contributed by atoms with E-state index in [9.17, 15) is 0 Å². The third-order valence-electron chi connectivity index (χ3n) is 3.53. The van der Waals surface area contributed by atoms with Gasteiger partial charge in [-0.2, -0.15) is 5.10 Å². The number of nitrogens with one attached hydrogen (secondary N) is 2. The van der Waals surface area contributed by atoms with Crippen LogP contribution in [0.25, 0.3) is 0 Å². The summed E-state index contributed by atoms with van der Waals surface area (Å²) in [6, 6.07) is 2.52. The summed E-state index contributed by atoms with van der Waals surface area (Å²) in [4.78, 5) is 4.25. The zero-order valence-corrected chi connectivity index (χ0v) is 13.7. The number of nitrogens with zero attached hydrogens (tertiary/aromatic N) is 3. The highest BCUT2D eigenvalue weighted by molar-refractivity contribution is 5.79. The van der Waals surface area contributed by atoms with Gasteiger partial charge in [-0.25, -0.2) is 0 Å². The maximum Gasteiger partial charge on any atom is 0.191 e. The Morgan fingerprint density at radius 2 is 2.05 bits per heavy atom. The molecule has 20 heavy (non-hydrogen) atoms. The lowest BCUT2D eigenvalue weighted by Crippen LogP contribution is -2.44. The predicted molar refractivity (Wildman–Crippen MR) is 85.1 cm³/mol. The van der Waals surface area contributed by atoms with Crippen LogP contribution in [0.3, 0.4) is 0 Å². The Balaban J connectivity index is 2.30. The molecule has 5 heteroatoms. The molecule has 1 rings (SSSR count). The molecule has 0 aliphatic heterocycles. The lowest BCUT2D eigenvalue weighted by Gasteiger charge is -2.20. The van der Waals surface area contributed by atoms with E-state index in [1.54, 1.807) is 0 Å². The molecule has 0 aliphatic rings. The van der Waals surface area contributed by atoms with Gasteiger partial charge in [0.1, 0.15) is 0 Å². The Morgan fingerprint density at radius 3 is 2.55 bits per heavy atom. The number of aliphatic imine (C=N–C) groups is 1. The monoisotopic (exact) mass is 279 g/mol. The van der Waals surface area contributed by atoms with Gasteiger partial charge in [0.25, 0.3) is 0 Å². The van der Waals surface area contributed by atoms with Gasteiger partial charge in [0.05, 0.1) is 5.69 Å². The van der Waals surface area contributed by atoms with Crippen molar-refractivity contribution in [3.8, 4) is 0 Å². The van der Waals surface area contributed by atoms with Crippen molar-refractivity contribution < 1.29 is 0 Å². The Kier molecular flexibility index (Phi) is 6.55. The summed E-state index contributed by atoms with van der Waals surface area (Å²) in [6.07, 6.45) is 1.03. The second-order valence-electron chi connectivity index (χ2n) is 5.68. The topological polar surface area (TPSA) is 54.2 Å². The third-order valence-corrected chi connectivity index (χ3v) is 3.53. The second-order valence-corrected chi connectivity index (χ2v) is 5.68. The minimum absolute atomic E-state index is 0.414. The molecule has 0 spiro atoms. The molecule has 0 fully saturated rings. The molecule has 0 aliphatic carbocycles. The van der Waals surface area contributed by atoms with E-state index in [1.807, 2.05) is 14.0 Å². The molecule has 1 aromatic rings. The highest BCUT2D eigenvalue weighted by Crippen LogP contribution is 2.02. The van der Waals surface area contributed by atoms with Crippen LogP contribution in [0.1, 0.15) is 38.6 Å². The van der Waals surface area contributed by atoms with Crippen molar-refractivity contribution in [2.45, 2.75) is 53.6 Å². The van der Waals surface area contributed by atoms with Crippen LogP contribution in [0.2, 0.25) is 0 Å². The molecular formula is C15H29N5. The van der Waals surface area contributed by atoms with Crippen LogP contribution in [0.4, 0.5) is 0 Å². The Morgan fingerprint density at radius 1 is 1.35 bits per heavy atom. The van der Waals surface area contributed by atoms with Gasteiger partial charge in [-0.15, -0.1) is 0 Å². The highest BCUT2D eigenvalue weighted by Gasteiger charge is 2.08. The maximum absolute atomic E-state index is 4.46. The van der Waals surface area contributed by atoms with Gasteiger partial charge in [-0.1, -0.05) is 13.8 Å². The lowest BCUT2D eigenvalue weighted by molar-refractivity contribution is 0.479. The Hall–Kier alpha value is -1.52. The van der Waals surface area contributed by atoms with E-state index in [0.717, 1.165) is 31.2 Å². The number of rotatable bonds is 6. The second kappa shape index (κ2) is 7.92. The summed E-state index contributed by atoms with van der Waals surface area (Å²) in [5.74, 6) is 1.46. The molecule has 0 radical (unpaired) electrons. The van der Waals surface area contributed by atoms with E-state index in [4.69, 9.17) is 0 Å². The minimum atomic E-state index is 0.414. The van der Waals surface area contributed by atoms with E-state index < -0.39 is 0 Å². The van der Waals surface area contributed by atoms with E-state index >= 15 is 0 Å². The Bertz CT molecular complexity index is 433. The van der Waals surface area contributed by atoms with E-state index in [0.29, 0.717) is 12.0 Å². The van der Waals surface area contributed by atoms with Crippen LogP contribution in [0, 0.1) is 19.8 Å². The molecule has 2 N–H and O–H groups in total. The number of hydrogen-bond acceptors (Lipinski definition) is 2. The van der Waals surface area contributed by atoms with Crippen LogP contribution in [-0.2, 0) is 6.54 Å². The van der Waals surface area contributed by atoms with Gasteiger partial charge < -0.3 is 10.6 Å². The van der Waals surface area contributed by atoms with Crippen LogP contribution in [-0.4, -0.2) is 35.4 Å². The maximum atomic E-state index is 4.46. The lowest BCUT2D eigenvalue weighted by atomic mass is 10.1. The van der Waals surface area contributed by atoms with Crippen molar-refractivity contribution in [1.82, 2.24) is 20.4 Å². The SMILES string of the molecule is CN=C(NCCCn1nc(C)cc1C)NC(C)C(C)C. The number of hydrogen-bond donors (Lipinski definition) is 2. The number of aryl methyl sites for hydroxylation is 3. The smallest absolute Gasteiger partial charge is 0.191 e. The van der Waals surface area contributed by atoms with Gasteiger partial charge in [0.2, 0.25) is 0 Å². The fraction of sp³-hybridized carbons (Fsp3) is 0.733. The molecule has 0 saturated carbocycles. The van der Waals surface area contributed by atoms with Gasteiger partial charge in [-0.05, 0) is 39.2 Å². The first kappa shape index (κ1) is 16.5. The summed E-state index contributed by atoms with van der Waals surface area (Å²) >= 11 is 0. The van der Waals surface area contributed by atoms with E-state index in [2.05, 4.69) is 59.2 Å². The summed E-state index contributed by atoms with van der Waals surface area (Å²) in [5.41, 5.74) is 2.30. The van der Waals surface area contributed by atoms with Crippen molar-refractivity contribution in [2.24, 2.45) is 10.9 Å². The molecule has 0 bridgehead atoms. The molecule has 0 saturated heterocycles. The average molecular weight is 279 g/mol. The molecule has 5 nitrogen and oxygen atoms in total. The third kappa shape index (κ3) is 5.23. The zero-order chi connectivity index (χ0) is 15.1. The molecule has 1 unspecified atom stereocenters. The normalized spacial score (nSPS) is 13.7. The number of guanidine groups is 1. The molecular weight excluding hydrogens is 250 g/mol. The van der Waals surface area contributed by atoms with Gasteiger partial charge >= 0.3 is 0 Å². The van der Waals surface area contributed by atoms with Crippen LogP contribution in [0.15, 0.2) is 11.1 Å². The molecule has 114 valence electrons. The van der Waals surface area contributed by atoms with Gasteiger partial charge in [0, 0.05) is 31.9 Å². The molecule has 0 aromatic carbocycles. The fourth-order valence-electron chi connectivity index (χ4n) is 1.91. The first-order valence-electron chi connectivity index (χ1n) is 7.42. The predicted octanol–water partition coefficient (Wildman–Crippen LogP) is 2.10. The van der Waals surface area contributed by atoms with Gasteiger partial charge in [0.15, 0.2) is 5.96 Å². The van der Waals surface area contributed by atoms with Crippen molar-refractivity contribution in [3.63, 3.8) is 0 Å². The number of aromatic nitrogens is 2. The molecule has 0 amide bonds. The summed E-state index contributed by atoms with van der Waals surface area (Å²) in [7, 11) is 1.81. The zero-order valence-electron chi connectivity index (χ0n) is 13.7. The first-order chi connectivity index (χ1) is 9.43. The van der Waals surface area contributed by atoms with Crippen molar-refractivity contribution in [1.29, 1.82) is 0 Å². The molecule has 1 aromatic heterocycles. The average Bonchev–Trinajstić information content (AvgIpc) is 2.71. The standard InChI is InChI=1S/C15H29N5/c1-11(2)14(5)18-15(16-6)17-8-7-9-20-13(4)10-12(3)19-20/h10-11,14H,7-9H2,1-6H3,(H2,16,17,18). The highest BCUT2D eigenvalue weighted by atomic mass is 15.3. The fourth-order valence-corrected chi connectivity index (χ4v) is 1.91. The first-order valence-corrected chi connectivity index (χ1v) is 7.42. The van der Waals surface area contributed by atoms with E-state index in [1.165, 1.54) is 5.69 Å². The Labute approximate surface area is 122 Å². The largest absolute Gasteiger partial charge is 0.356 e. The van der Waals surface area contributed by atoms with Crippen molar-refractivity contribution >= 4 is 5.96 Å². The molecule has 1 heterocycles. The van der Waals surface area contributed by atoms with Gasteiger partial charge in [-0.3, -0.25) is 9.67 Å². The minimum Gasteiger partial charge on any atom is -0.356 e. The molecule has 1 atom stereocenters. The van der Waals surface area contributed by atoms with E-state index in [-0.39, 0.29) is 0 Å². The van der Waals surface area contributed by atoms with Crippen LogP contribution >= 0.6 is 0 Å². The quantitative estimate of drug-likeness (QED) is 0.476. The van der Waals surface area contributed by atoms with Crippen molar-refractivity contribution in [2.75, 3.05) is 13.6 Å². The summed E-state index contributed by atoms with van der Waals surface area (Å²) < 4.78 is 2.06.